The van der Waals surface area contributed by atoms with Crippen LogP contribution in [0.3, 0.4) is 0 Å². The van der Waals surface area contributed by atoms with Gasteiger partial charge in [0.2, 0.25) is 11.8 Å². The van der Waals surface area contributed by atoms with E-state index >= 15 is 0 Å². The molecule has 0 fully saturated rings. The van der Waals surface area contributed by atoms with Gasteiger partial charge in [-0.1, -0.05) is 0 Å². The highest BCUT2D eigenvalue weighted by Gasteiger charge is 2.15. The molecule has 12 nitrogen and oxygen atoms in total. The van der Waals surface area contributed by atoms with Crippen molar-refractivity contribution < 1.29 is 19.4 Å². The van der Waals surface area contributed by atoms with Crippen LogP contribution in [0.5, 0.6) is 0 Å². The summed E-state index contributed by atoms with van der Waals surface area (Å²) in [5.74, 6) is -0.812. The smallest absolute Gasteiger partial charge is 0.273 e. The van der Waals surface area contributed by atoms with E-state index in [-0.39, 0.29) is 30.6 Å². The molecular weight excluding hydrogens is 448 g/mol. The summed E-state index contributed by atoms with van der Waals surface area (Å²) in [6, 6.07) is 2.74. The second-order valence-electron chi connectivity index (χ2n) is 6.13. The van der Waals surface area contributed by atoms with E-state index in [9.17, 15) is 29.8 Å². The maximum absolute atomic E-state index is 11.7. The molecule has 0 aromatic carbocycles. The summed E-state index contributed by atoms with van der Waals surface area (Å²) in [7, 11) is 0. The van der Waals surface area contributed by atoms with E-state index in [1.165, 1.54) is 47.2 Å². The SMILES string of the molecule is Cc1sc(C=NNC(=O)CCCC(=O)NN=Cc2cc([N+](=O)[O-])c(C)s2)cc1[N+](=O)[O-]. The molecule has 2 heterocycles. The Bertz CT molecular complexity index is 975. The standard InChI is InChI=1S/C17H18N6O6S2/c1-10-14(22(26)27)6-12(30-10)8-18-20-16(24)4-3-5-17(25)21-19-9-13-7-15(23(28)29)11(2)31-13/h6-9H,3-5H2,1-2H3,(H,20,24)(H,21,25). The summed E-state index contributed by atoms with van der Waals surface area (Å²) in [5, 5.41) is 29.1. The summed E-state index contributed by atoms with van der Waals surface area (Å²) in [4.78, 5) is 46.3. The molecule has 0 aliphatic rings. The van der Waals surface area contributed by atoms with E-state index in [2.05, 4.69) is 21.1 Å². The van der Waals surface area contributed by atoms with Crippen LogP contribution in [-0.2, 0) is 9.59 Å². The second-order valence-corrected chi connectivity index (χ2v) is 8.71. The third-order valence-electron chi connectivity index (χ3n) is 3.78. The molecule has 2 aromatic heterocycles. The highest BCUT2D eigenvalue weighted by atomic mass is 32.1. The van der Waals surface area contributed by atoms with E-state index in [1.54, 1.807) is 13.8 Å². The van der Waals surface area contributed by atoms with Gasteiger partial charge in [-0.3, -0.25) is 29.8 Å². The van der Waals surface area contributed by atoms with Crippen molar-refractivity contribution in [1.82, 2.24) is 10.9 Å². The number of rotatable bonds is 10. The molecule has 31 heavy (non-hydrogen) atoms. The van der Waals surface area contributed by atoms with Crippen molar-refractivity contribution in [2.24, 2.45) is 10.2 Å². The molecule has 0 unspecified atom stereocenters. The molecule has 0 spiro atoms. The van der Waals surface area contributed by atoms with Crippen molar-refractivity contribution in [1.29, 1.82) is 0 Å². The van der Waals surface area contributed by atoms with Crippen LogP contribution in [0, 0.1) is 34.1 Å². The van der Waals surface area contributed by atoms with Gasteiger partial charge in [0.15, 0.2) is 0 Å². The summed E-state index contributed by atoms with van der Waals surface area (Å²) < 4.78 is 0. The molecule has 0 aliphatic heterocycles. The number of amides is 2. The highest BCUT2D eigenvalue weighted by Crippen LogP contribution is 2.27. The van der Waals surface area contributed by atoms with Crippen LogP contribution in [-0.4, -0.2) is 34.1 Å². The van der Waals surface area contributed by atoms with E-state index < -0.39 is 21.7 Å². The van der Waals surface area contributed by atoms with Gasteiger partial charge in [0.05, 0.1) is 41.8 Å². The van der Waals surface area contributed by atoms with Crippen LogP contribution in [0.4, 0.5) is 11.4 Å². The Hall–Kier alpha value is -3.52. The fourth-order valence-corrected chi connectivity index (χ4v) is 4.07. The summed E-state index contributed by atoms with van der Waals surface area (Å²) in [6.07, 6.45) is 3.00. The third kappa shape index (κ3) is 7.35. The lowest BCUT2D eigenvalue weighted by atomic mass is 10.2. The first-order valence-electron chi connectivity index (χ1n) is 8.81. The molecule has 164 valence electrons. The average Bonchev–Trinajstić information content (AvgIpc) is 3.24. The van der Waals surface area contributed by atoms with Gasteiger partial charge < -0.3 is 0 Å². The van der Waals surface area contributed by atoms with Crippen molar-refractivity contribution in [3.8, 4) is 0 Å². The fourth-order valence-electron chi connectivity index (χ4n) is 2.34. The molecule has 2 N–H and O–H groups in total. The second kappa shape index (κ2) is 11.0. The van der Waals surface area contributed by atoms with E-state index in [1.807, 2.05) is 0 Å². The Morgan fingerprint density at radius 1 is 0.903 bits per heavy atom. The Kier molecular flexibility index (Phi) is 8.45. The normalized spacial score (nSPS) is 11.2. The molecule has 0 radical (unpaired) electrons. The maximum Gasteiger partial charge on any atom is 0.283 e. The average molecular weight is 467 g/mol. The molecule has 0 saturated carbocycles. The number of carbonyl (C=O) groups excluding carboxylic acids is 2. The molecule has 14 heteroatoms. The predicted molar refractivity (Wildman–Crippen MR) is 117 cm³/mol. The number of nitro groups is 2. The minimum atomic E-state index is -0.484. The zero-order valence-corrected chi connectivity index (χ0v) is 18.1. The first kappa shape index (κ1) is 23.8. The van der Waals surface area contributed by atoms with Crippen molar-refractivity contribution in [2.45, 2.75) is 33.1 Å². The fraction of sp³-hybridized carbons (Fsp3) is 0.294. The molecule has 2 aromatic rings. The van der Waals surface area contributed by atoms with Crippen molar-refractivity contribution >= 4 is 58.3 Å². The minimum absolute atomic E-state index is 0.00103. The number of aryl methyl sites for hydroxylation is 2. The van der Waals surface area contributed by atoms with E-state index in [4.69, 9.17) is 0 Å². The molecule has 0 saturated heterocycles. The summed E-state index contributed by atoms with van der Waals surface area (Å²) in [5.41, 5.74) is 4.59. The van der Waals surface area contributed by atoms with Gasteiger partial charge in [0, 0.05) is 25.0 Å². The topological polar surface area (TPSA) is 169 Å². The Balaban J connectivity index is 1.69. The van der Waals surface area contributed by atoms with Crippen molar-refractivity contribution in [3.63, 3.8) is 0 Å². The van der Waals surface area contributed by atoms with E-state index in [0.29, 0.717) is 19.5 Å². The molecular formula is C17H18N6O6S2. The molecule has 0 aliphatic carbocycles. The highest BCUT2D eigenvalue weighted by molar-refractivity contribution is 7.14. The molecule has 0 atom stereocenters. The summed E-state index contributed by atoms with van der Waals surface area (Å²) >= 11 is 2.37. The number of nitrogens with zero attached hydrogens (tertiary/aromatic N) is 4. The lowest BCUT2D eigenvalue weighted by Gasteiger charge is -2.00. The number of thiophene rings is 2. The van der Waals surface area contributed by atoms with E-state index in [0.717, 1.165) is 0 Å². The van der Waals surface area contributed by atoms with Gasteiger partial charge in [0.1, 0.15) is 0 Å². The molecule has 2 rings (SSSR count). The maximum atomic E-state index is 11.7. The number of hydrogen-bond acceptors (Lipinski definition) is 10. The number of carbonyl (C=O) groups is 2. The lowest BCUT2D eigenvalue weighted by Crippen LogP contribution is -2.20. The van der Waals surface area contributed by atoms with Crippen molar-refractivity contribution in [2.75, 3.05) is 0 Å². The number of hydrogen-bond donors (Lipinski definition) is 2. The predicted octanol–water partition coefficient (Wildman–Crippen LogP) is 3.01. The van der Waals surface area contributed by atoms with Gasteiger partial charge in [-0.05, 0) is 20.3 Å². The zero-order valence-electron chi connectivity index (χ0n) is 16.5. The van der Waals surface area contributed by atoms with Crippen LogP contribution < -0.4 is 10.9 Å². The van der Waals surface area contributed by atoms with Gasteiger partial charge in [-0.2, -0.15) is 10.2 Å². The van der Waals surface area contributed by atoms with Gasteiger partial charge in [-0.25, -0.2) is 10.9 Å². The number of nitrogens with one attached hydrogen (secondary N) is 2. The van der Waals surface area contributed by atoms with Crippen LogP contribution in [0.2, 0.25) is 0 Å². The first-order valence-corrected chi connectivity index (χ1v) is 10.4. The van der Waals surface area contributed by atoms with Gasteiger partial charge in [0.25, 0.3) is 11.4 Å². The van der Waals surface area contributed by atoms with Crippen LogP contribution in [0.25, 0.3) is 0 Å². The van der Waals surface area contributed by atoms with Gasteiger partial charge >= 0.3 is 0 Å². The van der Waals surface area contributed by atoms with Crippen LogP contribution >= 0.6 is 22.7 Å². The van der Waals surface area contributed by atoms with Crippen LogP contribution in [0.1, 0.15) is 38.8 Å². The summed E-state index contributed by atoms with van der Waals surface area (Å²) in [6.45, 7) is 3.25. The zero-order chi connectivity index (χ0) is 23.0. The number of hydrazone groups is 2. The molecule has 2 amide bonds. The largest absolute Gasteiger partial charge is 0.283 e. The first-order chi connectivity index (χ1) is 14.7. The van der Waals surface area contributed by atoms with Gasteiger partial charge in [-0.15, -0.1) is 22.7 Å². The lowest BCUT2D eigenvalue weighted by molar-refractivity contribution is -0.385. The molecule has 0 bridgehead atoms. The third-order valence-corrected chi connectivity index (χ3v) is 5.73. The van der Waals surface area contributed by atoms with Crippen LogP contribution in [0.15, 0.2) is 22.3 Å². The quantitative estimate of drug-likeness (QED) is 0.310. The Morgan fingerprint density at radius 2 is 1.29 bits per heavy atom. The minimum Gasteiger partial charge on any atom is -0.273 e. The van der Waals surface area contributed by atoms with Crippen molar-refractivity contribution in [3.05, 3.63) is 51.9 Å². The Morgan fingerprint density at radius 3 is 1.61 bits per heavy atom. The Labute approximate surface area is 184 Å². The monoisotopic (exact) mass is 466 g/mol.